The van der Waals surface area contributed by atoms with Crippen LogP contribution in [0.5, 0.6) is 0 Å². The Bertz CT molecular complexity index is 409. The van der Waals surface area contributed by atoms with Crippen LogP contribution in [0.25, 0.3) is 0 Å². The number of amides is 1. The van der Waals surface area contributed by atoms with Gasteiger partial charge in [-0.15, -0.1) is 0 Å². The number of benzene rings is 1. The molecule has 1 amide bonds. The van der Waals surface area contributed by atoms with Gasteiger partial charge >= 0.3 is 0 Å². The molecular weight excluding hydrogens is 233 g/mol. The first-order chi connectivity index (χ1) is 8.54. The highest BCUT2D eigenvalue weighted by Gasteiger charge is 2.12. The molecule has 0 bridgehead atoms. The van der Waals surface area contributed by atoms with E-state index in [0.29, 0.717) is 18.7 Å². The summed E-state index contributed by atoms with van der Waals surface area (Å²) in [6.45, 7) is 3.26. The maximum absolute atomic E-state index is 13.8. The fourth-order valence-electron chi connectivity index (χ4n) is 1.78. The van der Waals surface area contributed by atoms with Crippen LogP contribution in [-0.4, -0.2) is 23.9 Å². The smallest absolute Gasteiger partial charge is 0.231 e. The number of rotatable bonds is 7. The topological polar surface area (TPSA) is 72.3 Å². The van der Waals surface area contributed by atoms with Gasteiger partial charge in [0.05, 0.1) is 12.2 Å². The zero-order valence-electron chi connectivity index (χ0n) is 10.7. The van der Waals surface area contributed by atoms with Gasteiger partial charge in [0, 0.05) is 12.1 Å². The number of halogens is 1. The zero-order valence-corrected chi connectivity index (χ0v) is 10.7. The summed E-state index contributed by atoms with van der Waals surface area (Å²) in [5.74, 6) is -0.820. The number of unbranched alkanes of at least 4 members (excludes halogenated alkanes) is 1. The molecule has 0 aliphatic carbocycles. The van der Waals surface area contributed by atoms with Gasteiger partial charge in [-0.1, -0.05) is 25.5 Å². The molecule has 1 aromatic rings. The number of carbonyl (C=O) groups excluding carboxylic acids is 1. The number of hydrogen-bond donors (Lipinski definition) is 2. The minimum absolute atomic E-state index is 0.127. The number of carbonyl (C=O) groups is 1. The molecule has 0 heterocycles. The van der Waals surface area contributed by atoms with Crippen molar-refractivity contribution in [2.75, 3.05) is 18.8 Å². The van der Waals surface area contributed by atoms with Gasteiger partial charge in [-0.3, -0.25) is 9.69 Å². The Morgan fingerprint density at radius 3 is 2.78 bits per heavy atom. The van der Waals surface area contributed by atoms with E-state index in [4.69, 9.17) is 11.5 Å². The molecular formula is C13H20FN3O. The summed E-state index contributed by atoms with van der Waals surface area (Å²) in [6, 6.07) is 4.89. The molecule has 4 N–H and O–H groups in total. The standard InChI is InChI=1S/C13H20FN3O/c1-2-3-7-17(9-12(16)18)8-10-5-4-6-11(15)13(10)14/h4-6H,2-3,7-9,15H2,1H3,(H2,16,18). The first kappa shape index (κ1) is 14.4. The van der Waals surface area contributed by atoms with Crippen molar-refractivity contribution in [3.63, 3.8) is 0 Å². The van der Waals surface area contributed by atoms with Gasteiger partial charge in [0.2, 0.25) is 5.91 Å². The second kappa shape index (κ2) is 6.96. The van der Waals surface area contributed by atoms with Crippen LogP contribution in [0.4, 0.5) is 10.1 Å². The molecule has 0 aliphatic heterocycles. The number of hydrogen-bond acceptors (Lipinski definition) is 3. The van der Waals surface area contributed by atoms with Gasteiger partial charge in [-0.05, 0) is 19.0 Å². The van der Waals surface area contributed by atoms with Crippen molar-refractivity contribution in [3.8, 4) is 0 Å². The highest BCUT2D eigenvalue weighted by atomic mass is 19.1. The van der Waals surface area contributed by atoms with E-state index < -0.39 is 11.7 Å². The van der Waals surface area contributed by atoms with Crippen LogP contribution >= 0.6 is 0 Å². The van der Waals surface area contributed by atoms with Gasteiger partial charge in [0.25, 0.3) is 0 Å². The van der Waals surface area contributed by atoms with Crippen LogP contribution in [0.3, 0.4) is 0 Å². The van der Waals surface area contributed by atoms with E-state index >= 15 is 0 Å². The summed E-state index contributed by atoms with van der Waals surface area (Å²) in [5, 5.41) is 0. The third kappa shape index (κ3) is 4.33. The van der Waals surface area contributed by atoms with Crippen molar-refractivity contribution in [2.24, 2.45) is 5.73 Å². The second-order valence-corrected chi connectivity index (χ2v) is 4.35. The molecule has 1 rings (SSSR count). The first-order valence-corrected chi connectivity index (χ1v) is 6.08. The van der Waals surface area contributed by atoms with E-state index in [-0.39, 0.29) is 12.2 Å². The lowest BCUT2D eigenvalue weighted by Gasteiger charge is -2.21. The van der Waals surface area contributed by atoms with Crippen molar-refractivity contribution in [1.29, 1.82) is 0 Å². The molecule has 1 aromatic carbocycles. The van der Waals surface area contributed by atoms with Crippen LogP contribution in [0.2, 0.25) is 0 Å². The molecule has 18 heavy (non-hydrogen) atoms. The van der Waals surface area contributed by atoms with Crippen LogP contribution in [0.1, 0.15) is 25.3 Å². The quantitative estimate of drug-likeness (QED) is 0.723. The predicted molar refractivity (Wildman–Crippen MR) is 70.2 cm³/mol. The summed E-state index contributed by atoms with van der Waals surface area (Å²) < 4.78 is 13.8. The van der Waals surface area contributed by atoms with Gasteiger partial charge in [0.1, 0.15) is 0 Å². The highest BCUT2D eigenvalue weighted by Crippen LogP contribution is 2.16. The molecule has 0 unspecified atom stereocenters. The van der Waals surface area contributed by atoms with Crippen molar-refractivity contribution in [1.82, 2.24) is 4.90 Å². The lowest BCUT2D eigenvalue weighted by atomic mass is 10.1. The fraction of sp³-hybridized carbons (Fsp3) is 0.462. The number of nitrogens with zero attached hydrogens (tertiary/aromatic N) is 1. The average Bonchev–Trinajstić information content (AvgIpc) is 2.31. The molecule has 100 valence electrons. The van der Waals surface area contributed by atoms with Crippen molar-refractivity contribution in [3.05, 3.63) is 29.6 Å². The molecule has 0 aromatic heterocycles. The van der Waals surface area contributed by atoms with Crippen LogP contribution in [-0.2, 0) is 11.3 Å². The van der Waals surface area contributed by atoms with Crippen LogP contribution in [0, 0.1) is 5.82 Å². The van der Waals surface area contributed by atoms with Crippen molar-refractivity contribution >= 4 is 11.6 Å². The molecule has 0 radical (unpaired) electrons. The third-order valence-corrected chi connectivity index (χ3v) is 2.71. The summed E-state index contributed by atoms with van der Waals surface area (Å²) >= 11 is 0. The van der Waals surface area contributed by atoms with Crippen molar-refractivity contribution in [2.45, 2.75) is 26.3 Å². The largest absolute Gasteiger partial charge is 0.396 e. The molecule has 0 saturated carbocycles. The van der Waals surface area contributed by atoms with E-state index in [1.54, 1.807) is 12.1 Å². The van der Waals surface area contributed by atoms with Crippen molar-refractivity contribution < 1.29 is 9.18 Å². The Kier molecular flexibility index (Phi) is 5.58. The summed E-state index contributed by atoms with van der Waals surface area (Å²) in [7, 11) is 0. The maximum Gasteiger partial charge on any atom is 0.231 e. The minimum Gasteiger partial charge on any atom is -0.396 e. The highest BCUT2D eigenvalue weighted by molar-refractivity contribution is 5.75. The lowest BCUT2D eigenvalue weighted by Crippen LogP contribution is -2.34. The van der Waals surface area contributed by atoms with E-state index in [2.05, 4.69) is 6.92 Å². The summed E-state index contributed by atoms with van der Waals surface area (Å²) in [4.78, 5) is 12.8. The molecule has 0 spiro atoms. The van der Waals surface area contributed by atoms with E-state index in [1.165, 1.54) is 6.07 Å². The third-order valence-electron chi connectivity index (χ3n) is 2.71. The number of nitrogens with two attached hydrogens (primary N) is 2. The Morgan fingerprint density at radius 2 is 2.17 bits per heavy atom. The predicted octanol–water partition coefficient (Wildman–Crippen LogP) is 1.50. The second-order valence-electron chi connectivity index (χ2n) is 4.35. The number of anilines is 1. The van der Waals surface area contributed by atoms with Gasteiger partial charge in [0.15, 0.2) is 5.82 Å². The maximum atomic E-state index is 13.8. The number of nitrogen functional groups attached to an aromatic ring is 1. The molecule has 0 atom stereocenters. The molecule has 0 aliphatic rings. The molecule has 4 nitrogen and oxygen atoms in total. The average molecular weight is 253 g/mol. The van der Waals surface area contributed by atoms with Gasteiger partial charge in [-0.25, -0.2) is 4.39 Å². The SMILES string of the molecule is CCCCN(CC(N)=O)Cc1cccc(N)c1F. The molecule has 0 saturated heterocycles. The lowest BCUT2D eigenvalue weighted by molar-refractivity contribution is -0.119. The Morgan fingerprint density at radius 1 is 1.44 bits per heavy atom. The molecule has 0 fully saturated rings. The summed E-state index contributed by atoms with van der Waals surface area (Å²) in [6.07, 6.45) is 1.95. The molecule has 5 heteroatoms. The van der Waals surface area contributed by atoms with Gasteiger partial charge < -0.3 is 11.5 Å². The minimum atomic E-state index is -0.413. The Labute approximate surface area is 107 Å². The van der Waals surface area contributed by atoms with E-state index in [0.717, 1.165) is 12.8 Å². The summed E-state index contributed by atoms with van der Waals surface area (Å²) in [5.41, 5.74) is 11.3. The van der Waals surface area contributed by atoms with E-state index in [1.807, 2.05) is 4.90 Å². The van der Waals surface area contributed by atoms with Crippen LogP contribution < -0.4 is 11.5 Å². The number of primary amides is 1. The van der Waals surface area contributed by atoms with E-state index in [9.17, 15) is 9.18 Å². The zero-order chi connectivity index (χ0) is 13.5. The van der Waals surface area contributed by atoms with Gasteiger partial charge in [-0.2, -0.15) is 0 Å². The monoisotopic (exact) mass is 253 g/mol. The normalized spacial score (nSPS) is 10.8. The first-order valence-electron chi connectivity index (χ1n) is 6.08. The Hall–Kier alpha value is -1.62. The fourth-order valence-corrected chi connectivity index (χ4v) is 1.78. The van der Waals surface area contributed by atoms with Crippen LogP contribution in [0.15, 0.2) is 18.2 Å². The Balaban J connectivity index is 2.75.